The normalized spacial score (nSPS) is 14.4. The highest BCUT2D eigenvalue weighted by Gasteiger charge is 2.31. The van der Waals surface area contributed by atoms with Gasteiger partial charge < -0.3 is 37.6 Å². The molecular formula is C20H35N5O8S. The Balaban J connectivity index is 5.54. The molecule has 0 aliphatic rings. The molecule has 0 saturated heterocycles. The molecule has 0 aromatic carbocycles. The minimum atomic E-state index is -1.39. The van der Waals surface area contributed by atoms with E-state index in [1.807, 2.05) is 0 Å². The van der Waals surface area contributed by atoms with Crippen LogP contribution in [0.25, 0.3) is 0 Å². The third-order valence-corrected chi connectivity index (χ3v) is 5.25. The number of carbonyl (C=O) groups excluding carboxylic acids is 4. The monoisotopic (exact) mass is 505 g/mol. The van der Waals surface area contributed by atoms with Gasteiger partial charge in [0.15, 0.2) is 0 Å². The van der Waals surface area contributed by atoms with Crippen molar-refractivity contribution >= 4 is 47.3 Å². The van der Waals surface area contributed by atoms with Gasteiger partial charge in [-0.05, 0) is 37.2 Å². The number of amides is 4. The number of aliphatic carboxylic acids is 2. The van der Waals surface area contributed by atoms with Crippen molar-refractivity contribution in [2.24, 2.45) is 17.4 Å². The number of carbonyl (C=O) groups is 6. The number of hydrogen-bond acceptors (Lipinski definition) is 8. The van der Waals surface area contributed by atoms with Gasteiger partial charge in [0, 0.05) is 6.42 Å². The van der Waals surface area contributed by atoms with Crippen LogP contribution in [0.4, 0.5) is 0 Å². The van der Waals surface area contributed by atoms with E-state index in [2.05, 4.69) is 16.0 Å². The molecule has 0 aliphatic heterocycles. The van der Waals surface area contributed by atoms with Crippen LogP contribution in [0.2, 0.25) is 0 Å². The van der Waals surface area contributed by atoms with E-state index in [9.17, 15) is 33.9 Å². The van der Waals surface area contributed by atoms with Crippen LogP contribution in [0, 0.1) is 5.92 Å². The zero-order valence-electron chi connectivity index (χ0n) is 19.5. The highest BCUT2D eigenvalue weighted by atomic mass is 32.2. The van der Waals surface area contributed by atoms with Crippen molar-refractivity contribution in [2.45, 2.75) is 70.1 Å². The Bertz CT molecular complexity index is 748. The first kappa shape index (κ1) is 31.1. The van der Waals surface area contributed by atoms with Crippen molar-refractivity contribution in [2.75, 3.05) is 12.0 Å². The third-order valence-electron chi connectivity index (χ3n) is 4.61. The van der Waals surface area contributed by atoms with Crippen LogP contribution < -0.4 is 27.4 Å². The molecule has 0 fully saturated rings. The minimum Gasteiger partial charge on any atom is -0.481 e. The van der Waals surface area contributed by atoms with Gasteiger partial charge in [0.25, 0.3) is 0 Å². The minimum absolute atomic E-state index is 0.0405. The van der Waals surface area contributed by atoms with Crippen LogP contribution in [0.15, 0.2) is 0 Å². The van der Waals surface area contributed by atoms with E-state index in [-0.39, 0.29) is 31.6 Å². The number of nitrogens with one attached hydrogen (secondary N) is 3. The van der Waals surface area contributed by atoms with E-state index in [0.717, 1.165) is 0 Å². The van der Waals surface area contributed by atoms with Crippen molar-refractivity contribution in [3.63, 3.8) is 0 Å². The molecule has 0 spiro atoms. The fraction of sp³-hybridized carbons (Fsp3) is 0.700. The molecule has 4 atom stereocenters. The molecule has 0 saturated carbocycles. The average Bonchev–Trinajstić information content (AvgIpc) is 2.71. The van der Waals surface area contributed by atoms with E-state index >= 15 is 0 Å². The van der Waals surface area contributed by atoms with Crippen molar-refractivity contribution in [1.29, 1.82) is 0 Å². The number of hydrogen-bond donors (Lipinski definition) is 7. The maximum atomic E-state index is 12.9. The second-order valence-electron chi connectivity index (χ2n) is 8.14. The van der Waals surface area contributed by atoms with Crippen LogP contribution in [0.3, 0.4) is 0 Å². The smallest absolute Gasteiger partial charge is 0.326 e. The Kier molecular flexibility index (Phi) is 14.5. The molecule has 0 radical (unpaired) electrons. The average molecular weight is 506 g/mol. The van der Waals surface area contributed by atoms with Crippen molar-refractivity contribution < 1.29 is 39.0 Å². The quantitative estimate of drug-likeness (QED) is 0.119. The summed E-state index contributed by atoms with van der Waals surface area (Å²) >= 11 is 1.39. The van der Waals surface area contributed by atoms with Crippen LogP contribution in [-0.2, 0) is 28.8 Å². The second kappa shape index (κ2) is 15.9. The van der Waals surface area contributed by atoms with Gasteiger partial charge >= 0.3 is 11.9 Å². The Morgan fingerprint density at radius 2 is 1.35 bits per heavy atom. The topological polar surface area (TPSA) is 231 Å². The molecule has 9 N–H and O–H groups in total. The molecule has 0 aromatic heterocycles. The van der Waals surface area contributed by atoms with Gasteiger partial charge in [-0.2, -0.15) is 11.8 Å². The molecule has 14 heteroatoms. The summed E-state index contributed by atoms with van der Waals surface area (Å²) in [4.78, 5) is 71.4. The number of primary amides is 1. The Hall–Kier alpha value is -2.87. The molecule has 0 aromatic rings. The van der Waals surface area contributed by atoms with Crippen LogP contribution in [0.1, 0.15) is 46.0 Å². The molecule has 0 bridgehead atoms. The highest BCUT2D eigenvalue weighted by molar-refractivity contribution is 7.98. The van der Waals surface area contributed by atoms with Crippen LogP contribution >= 0.6 is 11.8 Å². The second-order valence-corrected chi connectivity index (χ2v) is 9.13. The Morgan fingerprint density at radius 1 is 0.853 bits per heavy atom. The first-order valence-corrected chi connectivity index (χ1v) is 12.1. The summed E-state index contributed by atoms with van der Waals surface area (Å²) < 4.78 is 0. The predicted octanol–water partition coefficient (Wildman–Crippen LogP) is -1.61. The lowest BCUT2D eigenvalue weighted by molar-refractivity contribution is -0.143. The van der Waals surface area contributed by atoms with Crippen molar-refractivity contribution in [3.8, 4) is 0 Å². The van der Waals surface area contributed by atoms with Gasteiger partial charge in [0.05, 0.1) is 12.5 Å². The van der Waals surface area contributed by atoms with Gasteiger partial charge in [0.1, 0.15) is 18.1 Å². The number of nitrogens with two attached hydrogens (primary N) is 2. The fourth-order valence-corrected chi connectivity index (χ4v) is 3.33. The van der Waals surface area contributed by atoms with Gasteiger partial charge in [-0.3, -0.25) is 24.0 Å². The zero-order valence-corrected chi connectivity index (χ0v) is 20.4. The summed E-state index contributed by atoms with van der Waals surface area (Å²) in [6.45, 7) is 3.56. The molecule has 34 heavy (non-hydrogen) atoms. The summed E-state index contributed by atoms with van der Waals surface area (Å²) in [7, 11) is 0. The lowest BCUT2D eigenvalue weighted by Crippen LogP contribution is -2.57. The van der Waals surface area contributed by atoms with Crippen LogP contribution in [0.5, 0.6) is 0 Å². The summed E-state index contributed by atoms with van der Waals surface area (Å²) in [5.41, 5.74) is 10.7. The molecular weight excluding hydrogens is 470 g/mol. The summed E-state index contributed by atoms with van der Waals surface area (Å²) in [5.74, 6) is -5.31. The fourth-order valence-electron chi connectivity index (χ4n) is 2.86. The number of rotatable bonds is 17. The molecule has 194 valence electrons. The predicted molar refractivity (Wildman–Crippen MR) is 125 cm³/mol. The van der Waals surface area contributed by atoms with E-state index in [4.69, 9.17) is 16.6 Å². The maximum absolute atomic E-state index is 12.9. The van der Waals surface area contributed by atoms with Gasteiger partial charge in [-0.15, -0.1) is 0 Å². The van der Waals surface area contributed by atoms with Crippen LogP contribution in [-0.4, -0.2) is 82.0 Å². The van der Waals surface area contributed by atoms with Crippen molar-refractivity contribution in [1.82, 2.24) is 16.0 Å². The maximum Gasteiger partial charge on any atom is 0.326 e. The van der Waals surface area contributed by atoms with Gasteiger partial charge in [-0.25, -0.2) is 4.79 Å². The van der Waals surface area contributed by atoms with E-state index < -0.39 is 66.2 Å². The lowest BCUT2D eigenvalue weighted by atomic mass is 10.0. The molecule has 4 amide bonds. The summed E-state index contributed by atoms with van der Waals surface area (Å²) in [5, 5.41) is 25.3. The Labute approximate surface area is 202 Å². The van der Waals surface area contributed by atoms with Gasteiger partial charge in [0.2, 0.25) is 23.6 Å². The van der Waals surface area contributed by atoms with Crippen molar-refractivity contribution in [3.05, 3.63) is 0 Å². The number of thioether (sulfide) groups is 1. The third kappa shape index (κ3) is 13.0. The molecule has 4 unspecified atom stereocenters. The van der Waals surface area contributed by atoms with Gasteiger partial charge in [-0.1, -0.05) is 13.8 Å². The molecule has 13 nitrogen and oxygen atoms in total. The standard InChI is InChI=1S/C20H35N5O8S/c1-10(2)8-14(20(32)33)25-18(30)12(4-5-15(22)26)24-19(31)13(6-7-34-3)23-17(29)11(21)9-16(27)28/h10-14H,4-9,21H2,1-3H3,(H2,22,26)(H,23,29)(H,24,31)(H,25,30)(H,27,28)(H,32,33). The summed E-state index contributed by atoms with van der Waals surface area (Å²) in [6, 6.07) is -5.03. The SMILES string of the molecule is CSCCC(NC(=O)C(N)CC(=O)O)C(=O)NC(CCC(N)=O)C(=O)NC(CC(C)C)C(=O)O. The van der Waals surface area contributed by atoms with E-state index in [1.54, 1.807) is 20.1 Å². The number of carboxylic acids is 2. The van der Waals surface area contributed by atoms with E-state index in [0.29, 0.717) is 5.75 Å². The zero-order chi connectivity index (χ0) is 26.4. The lowest BCUT2D eigenvalue weighted by Gasteiger charge is -2.25. The first-order chi connectivity index (χ1) is 15.8. The number of carboxylic acid groups (broad SMARTS) is 2. The molecule has 0 rings (SSSR count). The highest BCUT2D eigenvalue weighted by Crippen LogP contribution is 2.08. The molecule has 0 aliphatic carbocycles. The summed E-state index contributed by atoms with van der Waals surface area (Å²) in [6.07, 6.45) is 0.975. The largest absolute Gasteiger partial charge is 0.481 e. The molecule has 0 heterocycles. The first-order valence-electron chi connectivity index (χ1n) is 10.7. The van der Waals surface area contributed by atoms with E-state index in [1.165, 1.54) is 11.8 Å². The Morgan fingerprint density at radius 3 is 1.79 bits per heavy atom.